The molecule has 0 fully saturated rings. The molecule has 2 aromatic rings. The molecular weight excluding hydrogens is 244 g/mol. The highest BCUT2D eigenvalue weighted by Gasteiger charge is 2.11. The second-order valence-corrected chi connectivity index (χ2v) is 3.97. The SMILES string of the molecule is CCc1c(C=O)oc2cc(Br)ccc12. The molecule has 1 heterocycles. The summed E-state index contributed by atoms with van der Waals surface area (Å²) in [6, 6.07) is 5.79. The van der Waals surface area contributed by atoms with Gasteiger partial charge < -0.3 is 4.42 Å². The summed E-state index contributed by atoms with van der Waals surface area (Å²) < 4.78 is 6.38. The van der Waals surface area contributed by atoms with Crippen molar-refractivity contribution in [2.24, 2.45) is 0 Å². The van der Waals surface area contributed by atoms with Crippen LogP contribution in [0.1, 0.15) is 23.0 Å². The summed E-state index contributed by atoms with van der Waals surface area (Å²) in [7, 11) is 0. The molecule has 0 bridgehead atoms. The highest BCUT2D eigenvalue weighted by molar-refractivity contribution is 9.10. The summed E-state index contributed by atoms with van der Waals surface area (Å²) in [5.41, 5.74) is 1.75. The lowest BCUT2D eigenvalue weighted by atomic mass is 10.1. The maximum absolute atomic E-state index is 10.7. The Bertz CT molecular complexity index is 485. The Morgan fingerprint density at radius 2 is 2.29 bits per heavy atom. The van der Waals surface area contributed by atoms with E-state index in [0.29, 0.717) is 5.76 Å². The van der Waals surface area contributed by atoms with E-state index in [9.17, 15) is 4.79 Å². The summed E-state index contributed by atoms with van der Waals surface area (Å²) in [6.07, 6.45) is 1.58. The molecule has 72 valence electrons. The quantitative estimate of drug-likeness (QED) is 0.766. The zero-order valence-corrected chi connectivity index (χ0v) is 9.30. The zero-order valence-electron chi connectivity index (χ0n) is 7.71. The molecule has 0 saturated heterocycles. The number of rotatable bonds is 2. The van der Waals surface area contributed by atoms with Crippen molar-refractivity contribution >= 4 is 33.2 Å². The van der Waals surface area contributed by atoms with Crippen molar-refractivity contribution in [3.05, 3.63) is 34.0 Å². The number of carbonyl (C=O) groups is 1. The van der Waals surface area contributed by atoms with Crippen LogP contribution in [0.2, 0.25) is 0 Å². The van der Waals surface area contributed by atoms with Gasteiger partial charge in [0.25, 0.3) is 0 Å². The summed E-state index contributed by atoms with van der Waals surface area (Å²) in [5, 5.41) is 1.03. The van der Waals surface area contributed by atoms with Gasteiger partial charge >= 0.3 is 0 Å². The zero-order chi connectivity index (χ0) is 10.1. The molecule has 0 aliphatic rings. The second kappa shape index (κ2) is 3.58. The maximum Gasteiger partial charge on any atom is 0.185 e. The molecule has 0 unspecified atom stereocenters. The van der Waals surface area contributed by atoms with E-state index in [-0.39, 0.29) is 0 Å². The number of benzene rings is 1. The highest BCUT2D eigenvalue weighted by atomic mass is 79.9. The molecule has 0 amide bonds. The Kier molecular flexibility index (Phi) is 2.42. The van der Waals surface area contributed by atoms with E-state index in [4.69, 9.17) is 4.42 Å². The van der Waals surface area contributed by atoms with Crippen molar-refractivity contribution in [2.75, 3.05) is 0 Å². The van der Waals surface area contributed by atoms with Crippen molar-refractivity contribution in [3.63, 3.8) is 0 Å². The predicted molar refractivity (Wildman–Crippen MR) is 58.7 cm³/mol. The first-order valence-electron chi connectivity index (χ1n) is 4.42. The highest BCUT2D eigenvalue weighted by Crippen LogP contribution is 2.27. The summed E-state index contributed by atoms with van der Waals surface area (Å²) >= 11 is 3.36. The molecule has 1 aromatic carbocycles. The molecule has 2 rings (SSSR count). The van der Waals surface area contributed by atoms with Crippen LogP contribution < -0.4 is 0 Å². The first kappa shape index (κ1) is 9.46. The molecule has 3 heteroatoms. The van der Waals surface area contributed by atoms with Crippen LogP contribution in [0.15, 0.2) is 27.1 Å². The third kappa shape index (κ3) is 1.38. The van der Waals surface area contributed by atoms with E-state index in [0.717, 1.165) is 33.7 Å². The topological polar surface area (TPSA) is 30.2 Å². The van der Waals surface area contributed by atoms with Gasteiger partial charge in [0, 0.05) is 15.4 Å². The molecule has 0 atom stereocenters. The number of fused-ring (bicyclic) bond motifs is 1. The van der Waals surface area contributed by atoms with Crippen LogP contribution >= 0.6 is 15.9 Å². The van der Waals surface area contributed by atoms with Gasteiger partial charge in [0.15, 0.2) is 12.0 Å². The van der Waals surface area contributed by atoms with Gasteiger partial charge in [0.2, 0.25) is 0 Å². The minimum atomic E-state index is 0.445. The fraction of sp³-hybridized carbons (Fsp3) is 0.182. The number of aldehydes is 1. The second-order valence-electron chi connectivity index (χ2n) is 3.06. The van der Waals surface area contributed by atoms with Crippen LogP contribution in [0, 0.1) is 0 Å². The van der Waals surface area contributed by atoms with Gasteiger partial charge in [-0.25, -0.2) is 0 Å². The normalized spacial score (nSPS) is 10.7. The van der Waals surface area contributed by atoms with E-state index in [1.165, 1.54) is 0 Å². The van der Waals surface area contributed by atoms with Gasteiger partial charge in [-0.15, -0.1) is 0 Å². The van der Waals surface area contributed by atoms with Crippen molar-refractivity contribution in [1.29, 1.82) is 0 Å². The average molecular weight is 253 g/mol. The van der Waals surface area contributed by atoms with Crippen LogP contribution in [0.4, 0.5) is 0 Å². The number of halogens is 1. The lowest BCUT2D eigenvalue weighted by molar-refractivity contribution is 0.110. The van der Waals surface area contributed by atoms with E-state index in [1.54, 1.807) is 0 Å². The molecule has 0 aliphatic carbocycles. The lowest BCUT2D eigenvalue weighted by Crippen LogP contribution is -1.83. The standard InChI is InChI=1S/C11H9BrO2/c1-2-8-9-4-3-7(12)5-10(9)14-11(8)6-13/h3-6H,2H2,1H3. The smallest absolute Gasteiger partial charge is 0.185 e. The van der Waals surface area contributed by atoms with Crippen LogP contribution in [-0.4, -0.2) is 6.29 Å². The Labute approximate surface area is 90.0 Å². The van der Waals surface area contributed by atoms with Crippen LogP contribution in [0.3, 0.4) is 0 Å². The Morgan fingerprint density at radius 1 is 1.50 bits per heavy atom. The van der Waals surface area contributed by atoms with Crippen LogP contribution in [-0.2, 0) is 6.42 Å². The summed E-state index contributed by atoms with van der Waals surface area (Å²) in [6.45, 7) is 2.01. The van der Waals surface area contributed by atoms with Crippen molar-refractivity contribution in [3.8, 4) is 0 Å². The average Bonchev–Trinajstić information content (AvgIpc) is 2.54. The molecule has 14 heavy (non-hydrogen) atoms. The lowest BCUT2D eigenvalue weighted by Gasteiger charge is -1.92. The maximum atomic E-state index is 10.7. The van der Waals surface area contributed by atoms with Crippen molar-refractivity contribution in [2.45, 2.75) is 13.3 Å². The minimum Gasteiger partial charge on any atom is -0.453 e. The molecule has 0 aliphatic heterocycles. The van der Waals surface area contributed by atoms with E-state index >= 15 is 0 Å². The van der Waals surface area contributed by atoms with Gasteiger partial charge in [0.1, 0.15) is 5.58 Å². The van der Waals surface area contributed by atoms with Gasteiger partial charge in [-0.3, -0.25) is 4.79 Å². The minimum absolute atomic E-state index is 0.445. The Balaban J connectivity index is 2.79. The summed E-state index contributed by atoms with van der Waals surface area (Å²) in [5.74, 6) is 0.445. The fourth-order valence-electron chi connectivity index (χ4n) is 1.60. The first-order valence-corrected chi connectivity index (χ1v) is 5.21. The Hall–Kier alpha value is -1.09. The molecule has 2 nitrogen and oxygen atoms in total. The molecule has 1 aromatic heterocycles. The molecule has 0 N–H and O–H groups in total. The van der Waals surface area contributed by atoms with Gasteiger partial charge in [0.05, 0.1) is 0 Å². The third-order valence-corrected chi connectivity index (χ3v) is 2.74. The number of furan rings is 1. The monoisotopic (exact) mass is 252 g/mol. The number of aryl methyl sites for hydroxylation is 1. The van der Waals surface area contributed by atoms with Crippen LogP contribution in [0.5, 0.6) is 0 Å². The third-order valence-electron chi connectivity index (χ3n) is 2.25. The van der Waals surface area contributed by atoms with Gasteiger partial charge in [-0.1, -0.05) is 22.9 Å². The fourth-order valence-corrected chi connectivity index (χ4v) is 1.94. The molecule has 0 spiro atoms. The molecule has 0 saturated carbocycles. The van der Waals surface area contributed by atoms with Crippen molar-refractivity contribution < 1.29 is 9.21 Å². The van der Waals surface area contributed by atoms with E-state index < -0.39 is 0 Å². The van der Waals surface area contributed by atoms with Gasteiger partial charge in [-0.05, 0) is 24.6 Å². The Morgan fingerprint density at radius 3 is 2.93 bits per heavy atom. The van der Waals surface area contributed by atoms with Crippen molar-refractivity contribution in [1.82, 2.24) is 0 Å². The summed E-state index contributed by atoms with van der Waals surface area (Å²) in [4.78, 5) is 10.7. The van der Waals surface area contributed by atoms with Gasteiger partial charge in [-0.2, -0.15) is 0 Å². The predicted octanol–water partition coefficient (Wildman–Crippen LogP) is 3.57. The first-order chi connectivity index (χ1) is 6.76. The largest absolute Gasteiger partial charge is 0.453 e. The molecule has 0 radical (unpaired) electrons. The van der Waals surface area contributed by atoms with E-state index in [2.05, 4.69) is 15.9 Å². The van der Waals surface area contributed by atoms with Crippen LogP contribution in [0.25, 0.3) is 11.0 Å². The van der Waals surface area contributed by atoms with E-state index in [1.807, 2.05) is 25.1 Å². The number of carbonyl (C=O) groups excluding carboxylic acids is 1. The number of hydrogen-bond acceptors (Lipinski definition) is 2. The number of hydrogen-bond donors (Lipinski definition) is 0. The molecular formula is C11H9BrO2.